The number of nitrogens with one attached hydrogen (secondary N) is 2. The van der Waals surface area contributed by atoms with Crippen molar-refractivity contribution in [2.45, 2.75) is 51.5 Å². The van der Waals surface area contributed by atoms with E-state index in [2.05, 4.69) is 15.6 Å². The standard InChI is InChI=1S/C23H29N3O3/c1-17(27)25-20(19-11-6-3-7-12-19)15-22(28)26-23-21(13-8-14-24-23)29-16-18-9-4-2-5-10-18/h3,6-8,11-14,18,20H,2,4-5,9-10,15-16H2,1H3,(H,25,27)(H,24,26,28). The van der Waals surface area contributed by atoms with Crippen LogP contribution in [0.3, 0.4) is 0 Å². The van der Waals surface area contributed by atoms with Gasteiger partial charge in [0.05, 0.1) is 19.1 Å². The average molecular weight is 396 g/mol. The molecule has 3 rings (SSSR count). The Balaban J connectivity index is 1.62. The topological polar surface area (TPSA) is 80.3 Å². The van der Waals surface area contributed by atoms with E-state index in [0.717, 1.165) is 5.56 Å². The van der Waals surface area contributed by atoms with Crippen LogP contribution in [-0.4, -0.2) is 23.4 Å². The van der Waals surface area contributed by atoms with E-state index >= 15 is 0 Å². The Morgan fingerprint density at radius 1 is 1.10 bits per heavy atom. The molecule has 0 radical (unpaired) electrons. The summed E-state index contributed by atoms with van der Waals surface area (Å²) in [7, 11) is 0. The summed E-state index contributed by atoms with van der Waals surface area (Å²) in [4.78, 5) is 28.5. The lowest BCUT2D eigenvalue weighted by Crippen LogP contribution is -2.30. The predicted octanol–water partition coefficient (Wildman–Crippen LogP) is 4.25. The molecule has 2 aromatic rings. The third-order valence-electron chi connectivity index (χ3n) is 5.20. The molecule has 1 saturated carbocycles. The fraction of sp³-hybridized carbons (Fsp3) is 0.435. The van der Waals surface area contributed by atoms with Gasteiger partial charge in [0.15, 0.2) is 11.6 Å². The van der Waals surface area contributed by atoms with Crippen molar-refractivity contribution in [2.24, 2.45) is 5.92 Å². The third-order valence-corrected chi connectivity index (χ3v) is 5.20. The highest BCUT2D eigenvalue weighted by Crippen LogP contribution is 2.27. The maximum atomic E-state index is 12.7. The van der Waals surface area contributed by atoms with Gasteiger partial charge in [0, 0.05) is 13.1 Å². The number of amides is 2. The third kappa shape index (κ3) is 6.59. The Hall–Kier alpha value is -2.89. The number of anilines is 1. The fourth-order valence-electron chi connectivity index (χ4n) is 3.71. The molecule has 0 aliphatic heterocycles. The van der Waals surface area contributed by atoms with Crippen LogP contribution in [0.4, 0.5) is 5.82 Å². The summed E-state index contributed by atoms with van der Waals surface area (Å²) in [5.74, 6) is 1.16. The van der Waals surface area contributed by atoms with Crippen molar-refractivity contribution < 1.29 is 14.3 Å². The minimum atomic E-state index is -0.399. The summed E-state index contributed by atoms with van der Waals surface area (Å²) < 4.78 is 5.98. The summed E-state index contributed by atoms with van der Waals surface area (Å²) in [5.41, 5.74) is 0.882. The molecule has 6 heteroatoms. The van der Waals surface area contributed by atoms with Crippen LogP contribution in [-0.2, 0) is 9.59 Å². The van der Waals surface area contributed by atoms with Gasteiger partial charge in [0.25, 0.3) is 0 Å². The zero-order chi connectivity index (χ0) is 20.5. The molecule has 1 atom stereocenters. The van der Waals surface area contributed by atoms with Gasteiger partial charge >= 0.3 is 0 Å². The molecule has 1 aliphatic rings. The molecule has 1 aromatic heterocycles. The van der Waals surface area contributed by atoms with Gasteiger partial charge in [-0.15, -0.1) is 0 Å². The minimum Gasteiger partial charge on any atom is -0.489 e. The quantitative estimate of drug-likeness (QED) is 0.700. The second kappa shape index (κ2) is 10.6. The molecule has 154 valence electrons. The van der Waals surface area contributed by atoms with Crippen molar-refractivity contribution in [1.29, 1.82) is 0 Å². The second-order valence-corrected chi connectivity index (χ2v) is 7.58. The lowest BCUT2D eigenvalue weighted by atomic mass is 9.90. The maximum absolute atomic E-state index is 12.7. The zero-order valence-corrected chi connectivity index (χ0v) is 16.9. The van der Waals surface area contributed by atoms with E-state index in [0.29, 0.717) is 24.1 Å². The summed E-state index contributed by atoms with van der Waals surface area (Å²) in [6.45, 7) is 2.09. The van der Waals surface area contributed by atoms with E-state index in [1.165, 1.54) is 39.0 Å². The Kier molecular flexibility index (Phi) is 7.61. The van der Waals surface area contributed by atoms with E-state index in [4.69, 9.17) is 4.74 Å². The number of benzene rings is 1. The highest BCUT2D eigenvalue weighted by Gasteiger charge is 2.19. The first kappa shape index (κ1) is 20.8. The van der Waals surface area contributed by atoms with Crippen LogP contribution in [0, 0.1) is 5.92 Å². The lowest BCUT2D eigenvalue weighted by Gasteiger charge is -2.22. The fourth-order valence-corrected chi connectivity index (χ4v) is 3.71. The number of carbonyl (C=O) groups excluding carboxylic acids is 2. The van der Waals surface area contributed by atoms with Crippen molar-refractivity contribution >= 4 is 17.6 Å². The SMILES string of the molecule is CC(=O)NC(CC(=O)Nc1ncccc1OCC1CCCCC1)c1ccccc1. The molecule has 6 nitrogen and oxygen atoms in total. The van der Waals surface area contributed by atoms with Crippen LogP contribution in [0.25, 0.3) is 0 Å². The highest BCUT2D eigenvalue weighted by molar-refractivity contribution is 5.92. The molecular formula is C23H29N3O3. The molecule has 1 aromatic carbocycles. The molecule has 2 amide bonds. The van der Waals surface area contributed by atoms with Gasteiger partial charge in [-0.3, -0.25) is 9.59 Å². The first-order valence-electron chi connectivity index (χ1n) is 10.3. The Bertz CT molecular complexity index is 804. The van der Waals surface area contributed by atoms with Crippen molar-refractivity contribution in [2.75, 3.05) is 11.9 Å². The van der Waals surface area contributed by atoms with E-state index in [9.17, 15) is 9.59 Å². The van der Waals surface area contributed by atoms with Crippen molar-refractivity contribution in [3.8, 4) is 5.75 Å². The largest absolute Gasteiger partial charge is 0.489 e. The molecule has 1 heterocycles. The van der Waals surface area contributed by atoms with Gasteiger partial charge in [-0.05, 0) is 36.5 Å². The molecular weight excluding hydrogens is 366 g/mol. The number of nitrogens with zero attached hydrogens (tertiary/aromatic N) is 1. The van der Waals surface area contributed by atoms with Gasteiger partial charge in [0.2, 0.25) is 11.8 Å². The summed E-state index contributed by atoms with van der Waals surface area (Å²) in [6.07, 6.45) is 7.95. The van der Waals surface area contributed by atoms with Crippen LogP contribution in [0.2, 0.25) is 0 Å². The summed E-state index contributed by atoms with van der Waals surface area (Å²) in [6, 6.07) is 12.7. The average Bonchev–Trinajstić information content (AvgIpc) is 2.74. The number of pyridine rings is 1. The Morgan fingerprint density at radius 3 is 2.59 bits per heavy atom. The number of carbonyl (C=O) groups is 2. The lowest BCUT2D eigenvalue weighted by molar-refractivity contribution is -0.120. The number of hydrogen-bond donors (Lipinski definition) is 2. The number of aromatic nitrogens is 1. The van der Waals surface area contributed by atoms with Gasteiger partial charge in [-0.25, -0.2) is 4.98 Å². The molecule has 0 spiro atoms. The molecule has 1 aliphatic carbocycles. The minimum absolute atomic E-state index is 0.113. The molecule has 1 unspecified atom stereocenters. The van der Waals surface area contributed by atoms with Crippen LogP contribution in [0.15, 0.2) is 48.7 Å². The number of rotatable bonds is 8. The van der Waals surface area contributed by atoms with Gasteiger partial charge in [-0.2, -0.15) is 0 Å². The van der Waals surface area contributed by atoms with Crippen LogP contribution >= 0.6 is 0 Å². The van der Waals surface area contributed by atoms with Gasteiger partial charge in [0.1, 0.15) is 0 Å². The van der Waals surface area contributed by atoms with E-state index in [1.54, 1.807) is 12.3 Å². The van der Waals surface area contributed by atoms with E-state index in [1.807, 2.05) is 36.4 Å². The monoisotopic (exact) mass is 395 g/mol. The smallest absolute Gasteiger partial charge is 0.228 e. The van der Waals surface area contributed by atoms with E-state index < -0.39 is 6.04 Å². The summed E-state index contributed by atoms with van der Waals surface area (Å²) in [5, 5.41) is 5.69. The maximum Gasteiger partial charge on any atom is 0.228 e. The van der Waals surface area contributed by atoms with Crippen molar-refractivity contribution in [3.05, 3.63) is 54.2 Å². The molecule has 0 bridgehead atoms. The number of hydrogen-bond acceptors (Lipinski definition) is 4. The predicted molar refractivity (Wildman–Crippen MR) is 113 cm³/mol. The highest BCUT2D eigenvalue weighted by atomic mass is 16.5. The zero-order valence-electron chi connectivity index (χ0n) is 16.9. The molecule has 2 N–H and O–H groups in total. The Labute approximate surface area is 172 Å². The van der Waals surface area contributed by atoms with Gasteiger partial charge < -0.3 is 15.4 Å². The normalized spacial score (nSPS) is 15.3. The summed E-state index contributed by atoms with van der Waals surface area (Å²) >= 11 is 0. The number of ether oxygens (including phenoxy) is 1. The molecule has 1 fully saturated rings. The first-order valence-corrected chi connectivity index (χ1v) is 10.3. The van der Waals surface area contributed by atoms with Crippen LogP contribution in [0.1, 0.15) is 57.1 Å². The van der Waals surface area contributed by atoms with Crippen LogP contribution in [0.5, 0.6) is 5.75 Å². The first-order chi connectivity index (χ1) is 14.1. The van der Waals surface area contributed by atoms with E-state index in [-0.39, 0.29) is 18.2 Å². The molecule has 0 saturated heterocycles. The van der Waals surface area contributed by atoms with Crippen LogP contribution < -0.4 is 15.4 Å². The van der Waals surface area contributed by atoms with Gasteiger partial charge in [-0.1, -0.05) is 49.6 Å². The van der Waals surface area contributed by atoms with Crippen molar-refractivity contribution in [1.82, 2.24) is 10.3 Å². The Morgan fingerprint density at radius 2 is 1.86 bits per heavy atom. The second-order valence-electron chi connectivity index (χ2n) is 7.58. The van der Waals surface area contributed by atoms with Crippen molar-refractivity contribution in [3.63, 3.8) is 0 Å². The molecule has 29 heavy (non-hydrogen) atoms.